The molecule has 0 radical (unpaired) electrons. The van der Waals surface area contributed by atoms with E-state index in [1.807, 2.05) is 60.7 Å². The van der Waals surface area contributed by atoms with Gasteiger partial charge in [-0.1, -0.05) is 48.5 Å². The molecule has 0 spiro atoms. The summed E-state index contributed by atoms with van der Waals surface area (Å²) in [4.78, 5) is 25.4. The summed E-state index contributed by atoms with van der Waals surface area (Å²) in [5.74, 6) is 0.464. The lowest BCUT2D eigenvalue weighted by Gasteiger charge is -2.17. The largest absolute Gasteiger partial charge is 0.492 e. The first kappa shape index (κ1) is 17.5. The molecule has 5 nitrogen and oxygen atoms in total. The molecule has 0 unspecified atom stereocenters. The van der Waals surface area contributed by atoms with Gasteiger partial charge in [0.2, 0.25) is 11.8 Å². The van der Waals surface area contributed by atoms with E-state index in [4.69, 9.17) is 4.74 Å². The van der Waals surface area contributed by atoms with Crippen LogP contribution in [0, 0.1) is 0 Å². The minimum atomic E-state index is -0.163. The Morgan fingerprint density at radius 2 is 1.62 bits per heavy atom. The Morgan fingerprint density at radius 1 is 1.00 bits per heavy atom. The van der Waals surface area contributed by atoms with Crippen LogP contribution in [-0.4, -0.2) is 43.5 Å². The summed E-state index contributed by atoms with van der Waals surface area (Å²) in [6.45, 7) is 0.861. The van der Waals surface area contributed by atoms with Gasteiger partial charge in [0.15, 0.2) is 0 Å². The summed E-state index contributed by atoms with van der Waals surface area (Å²) in [5.41, 5.74) is 0.923. The van der Waals surface area contributed by atoms with Crippen LogP contribution in [0.15, 0.2) is 60.7 Å². The highest BCUT2D eigenvalue weighted by Crippen LogP contribution is 2.07. The van der Waals surface area contributed by atoms with E-state index in [0.29, 0.717) is 13.2 Å². The summed E-state index contributed by atoms with van der Waals surface area (Å²) in [5, 5.41) is 2.65. The molecule has 0 aliphatic heterocycles. The summed E-state index contributed by atoms with van der Waals surface area (Å²) in [6.07, 6.45) is 0.273. The summed E-state index contributed by atoms with van der Waals surface area (Å²) in [7, 11) is 1.69. The molecule has 0 saturated carbocycles. The Bertz CT molecular complexity index is 644. The van der Waals surface area contributed by atoms with E-state index >= 15 is 0 Å². The van der Waals surface area contributed by atoms with Crippen molar-refractivity contribution in [2.75, 3.05) is 26.7 Å². The van der Waals surface area contributed by atoms with E-state index < -0.39 is 0 Å². The Balaban J connectivity index is 1.65. The number of ether oxygens (including phenoxy) is 1. The van der Waals surface area contributed by atoms with E-state index in [1.165, 1.54) is 0 Å². The van der Waals surface area contributed by atoms with Crippen LogP contribution in [0.2, 0.25) is 0 Å². The number of nitrogens with one attached hydrogen (secondary N) is 1. The van der Waals surface area contributed by atoms with Crippen molar-refractivity contribution in [3.63, 3.8) is 0 Å². The monoisotopic (exact) mass is 326 g/mol. The Kier molecular flexibility index (Phi) is 6.83. The molecule has 0 aromatic heterocycles. The number of hydrogen-bond acceptors (Lipinski definition) is 3. The molecule has 2 aromatic rings. The number of likely N-dealkylation sites (N-methyl/N-ethyl adjacent to an activating group) is 1. The molecular weight excluding hydrogens is 304 g/mol. The maximum atomic E-state index is 12.0. The zero-order valence-electron chi connectivity index (χ0n) is 13.8. The van der Waals surface area contributed by atoms with Crippen LogP contribution in [-0.2, 0) is 16.0 Å². The standard InChI is InChI=1S/C19H22N2O3/c1-21(12-13-24-17-10-6-3-7-11-17)19(23)15-20-18(22)14-16-8-4-2-5-9-16/h2-11H,12-15H2,1H3,(H,20,22). The quantitative estimate of drug-likeness (QED) is 0.806. The Hall–Kier alpha value is -2.82. The predicted molar refractivity (Wildman–Crippen MR) is 92.7 cm³/mol. The number of benzene rings is 2. The van der Waals surface area contributed by atoms with E-state index in [1.54, 1.807) is 11.9 Å². The van der Waals surface area contributed by atoms with Gasteiger partial charge in [-0.15, -0.1) is 0 Å². The van der Waals surface area contributed by atoms with Crippen LogP contribution in [0.1, 0.15) is 5.56 Å². The lowest BCUT2D eigenvalue weighted by Crippen LogP contribution is -2.40. The van der Waals surface area contributed by atoms with Gasteiger partial charge in [-0.3, -0.25) is 9.59 Å². The summed E-state index contributed by atoms with van der Waals surface area (Å²) < 4.78 is 5.55. The predicted octanol–water partition coefficient (Wildman–Crippen LogP) is 1.88. The van der Waals surface area contributed by atoms with Crippen molar-refractivity contribution < 1.29 is 14.3 Å². The van der Waals surface area contributed by atoms with Gasteiger partial charge in [-0.25, -0.2) is 0 Å². The van der Waals surface area contributed by atoms with Crippen LogP contribution >= 0.6 is 0 Å². The Morgan fingerprint density at radius 3 is 2.29 bits per heavy atom. The molecule has 0 fully saturated rings. The van der Waals surface area contributed by atoms with Crippen molar-refractivity contribution in [3.05, 3.63) is 66.2 Å². The second-order valence-electron chi connectivity index (χ2n) is 5.42. The molecule has 2 aromatic carbocycles. The number of rotatable bonds is 8. The van der Waals surface area contributed by atoms with Crippen molar-refractivity contribution in [1.82, 2.24) is 10.2 Å². The van der Waals surface area contributed by atoms with Crippen LogP contribution in [0.4, 0.5) is 0 Å². The maximum Gasteiger partial charge on any atom is 0.241 e. The SMILES string of the molecule is CN(CCOc1ccccc1)C(=O)CNC(=O)Cc1ccccc1. The van der Waals surface area contributed by atoms with E-state index in [2.05, 4.69) is 5.32 Å². The molecule has 0 bridgehead atoms. The number of carbonyl (C=O) groups is 2. The van der Waals surface area contributed by atoms with Gasteiger partial charge >= 0.3 is 0 Å². The van der Waals surface area contributed by atoms with Crippen molar-refractivity contribution in [1.29, 1.82) is 0 Å². The van der Waals surface area contributed by atoms with E-state index in [-0.39, 0.29) is 24.8 Å². The summed E-state index contributed by atoms with van der Waals surface area (Å²) >= 11 is 0. The first-order valence-corrected chi connectivity index (χ1v) is 7.87. The zero-order chi connectivity index (χ0) is 17.2. The van der Waals surface area contributed by atoms with Crippen molar-refractivity contribution in [3.8, 4) is 5.75 Å². The number of nitrogens with zero attached hydrogens (tertiary/aromatic N) is 1. The first-order valence-electron chi connectivity index (χ1n) is 7.87. The van der Waals surface area contributed by atoms with Crippen LogP contribution in [0.3, 0.4) is 0 Å². The third kappa shape index (κ3) is 6.12. The smallest absolute Gasteiger partial charge is 0.241 e. The van der Waals surface area contributed by atoms with Gasteiger partial charge in [0.1, 0.15) is 12.4 Å². The average Bonchev–Trinajstić information content (AvgIpc) is 2.61. The molecule has 0 saturated heterocycles. The van der Waals surface area contributed by atoms with Crippen molar-refractivity contribution in [2.45, 2.75) is 6.42 Å². The fraction of sp³-hybridized carbons (Fsp3) is 0.263. The van der Waals surface area contributed by atoms with Gasteiger partial charge < -0.3 is 15.0 Å². The average molecular weight is 326 g/mol. The topological polar surface area (TPSA) is 58.6 Å². The van der Waals surface area contributed by atoms with Gasteiger partial charge in [-0.2, -0.15) is 0 Å². The number of para-hydroxylation sites is 1. The lowest BCUT2D eigenvalue weighted by molar-refractivity contribution is -0.131. The molecule has 2 amide bonds. The molecule has 0 aliphatic carbocycles. The van der Waals surface area contributed by atoms with Crippen LogP contribution in [0.5, 0.6) is 5.75 Å². The highest BCUT2D eigenvalue weighted by Gasteiger charge is 2.10. The van der Waals surface area contributed by atoms with E-state index in [9.17, 15) is 9.59 Å². The molecule has 0 heterocycles. The van der Waals surface area contributed by atoms with Gasteiger partial charge in [0.25, 0.3) is 0 Å². The molecule has 5 heteroatoms. The molecule has 1 N–H and O–H groups in total. The van der Waals surface area contributed by atoms with Crippen molar-refractivity contribution in [2.24, 2.45) is 0 Å². The van der Waals surface area contributed by atoms with Crippen LogP contribution < -0.4 is 10.1 Å². The summed E-state index contributed by atoms with van der Waals surface area (Å²) in [6, 6.07) is 18.9. The number of carbonyl (C=O) groups excluding carboxylic acids is 2. The molecule has 24 heavy (non-hydrogen) atoms. The molecule has 0 atom stereocenters. The number of amides is 2. The highest BCUT2D eigenvalue weighted by atomic mass is 16.5. The fourth-order valence-electron chi connectivity index (χ4n) is 2.09. The van der Waals surface area contributed by atoms with Crippen molar-refractivity contribution >= 4 is 11.8 Å². The molecule has 126 valence electrons. The third-order valence-corrected chi connectivity index (χ3v) is 3.51. The number of hydrogen-bond donors (Lipinski definition) is 1. The second-order valence-corrected chi connectivity index (χ2v) is 5.42. The minimum absolute atomic E-state index is 0.00644. The minimum Gasteiger partial charge on any atom is -0.492 e. The van der Waals surface area contributed by atoms with Gasteiger partial charge in [-0.05, 0) is 17.7 Å². The normalized spacial score (nSPS) is 10.0. The van der Waals surface area contributed by atoms with Crippen LogP contribution in [0.25, 0.3) is 0 Å². The molecule has 0 aliphatic rings. The lowest BCUT2D eigenvalue weighted by atomic mass is 10.1. The Labute approximate surface area is 142 Å². The fourth-order valence-corrected chi connectivity index (χ4v) is 2.09. The van der Waals surface area contributed by atoms with E-state index in [0.717, 1.165) is 11.3 Å². The van der Waals surface area contributed by atoms with Gasteiger partial charge in [0.05, 0.1) is 19.5 Å². The first-order chi connectivity index (χ1) is 11.6. The zero-order valence-corrected chi connectivity index (χ0v) is 13.8. The van der Waals surface area contributed by atoms with Gasteiger partial charge in [0, 0.05) is 7.05 Å². The molecular formula is C19H22N2O3. The second kappa shape index (κ2) is 9.35. The maximum absolute atomic E-state index is 12.0. The highest BCUT2D eigenvalue weighted by molar-refractivity contribution is 5.85. The third-order valence-electron chi connectivity index (χ3n) is 3.51. The molecule has 2 rings (SSSR count).